The minimum absolute atomic E-state index is 0.0116. The normalized spacial score (nSPS) is 11.4. The summed E-state index contributed by atoms with van der Waals surface area (Å²) in [5.74, 6) is 0.260. The van der Waals surface area contributed by atoms with Crippen molar-refractivity contribution in [3.05, 3.63) is 55.6 Å². The van der Waals surface area contributed by atoms with Crippen molar-refractivity contribution in [3.63, 3.8) is 0 Å². The summed E-state index contributed by atoms with van der Waals surface area (Å²) in [6, 6.07) is 3.62. The molecule has 2 N–H and O–H groups in total. The van der Waals surface area contributed by atoms with Gasteiger partial charge in [0.15, 0.2) is 0 Å². The second kappa shape index (κ2) is 7.08. The lowest BCUT2D eigenvalue weighted by Gasteiger charge is -2.14. The first kappa shape index (κ1) is 16.6. The molecule has 124 valence electrons. The van der Waals surface area contributed by atoms with Crippen molar-refractivity contribution in [2.24, 2.45) is 0 Å². The predicted molar refractivity (Wildman–Crippen MR) is 96.0 cm³/mol. The number of nitrogens with zero attached hydrogens (tertiary/aromatic N) is 2. The Balaban J connectivity index is 1.69. The highest BCUT2D eigenvalue weighted by atomic mass is 32.1. The molecule has 0 aliphatic rings. The van der Waals surface area contributed by atoms with Gasteiger partial charge >= 0.3 is 0 Å². The van der Waals surface area contributed by atoms with Crippen LogP contribution in [0, 0.1) is 0 Å². The molecule has 24 heavy (non-hydrogen) atoms. The number of rotatable bonds is 5. The van der Waals surface area contributed by atoms with Gasteiger partial charge in [0, 0.05) is 18.0 Å². The number of H-pyrrole nitrogens is 1. The highest BCUT2D eigenvalue weighted by Gasteiger charge is 2.10. The molecule has 6 nitrogen and oxygen atoms in total. The molecule has 0 bridgehead atoms. The van der Waals surface area contributed by atoms with E-state index in [9.17, 15) is 9.59 Å². The molecule has 3 aromatic rings. The van der Waals surface area contributed by atoms with Crippen LogP contribution < -0.4 is 5.56 Å². The summed E-state index contributed by atoms with van der Waals surface area (Å²) in [5, 5.41) is 12.7. The van der Waals surface area contributed by atoms with Crippen molar-refractivity contribution >= 4 is 44.9 Å². The molecule has 0 saturated heterocycles. The minimum atomic E-state index is -0.193. The lowest BCUT2D eigenvalue weighted by molar-refractivity contribution is -0.125. The fourth-order valence-electron chi connectivity index (χ4n) is 2.14. The van der Waals surface area contributed by atoms with E-state index in [-0.39, 0.29) is 24.6 Å². The lowest BCUT2D eigenvalue weighted by Crippen LogP contribution is -2.26. The van der Waals surface area contributed by atoms with E-state index in [2.05, 4.69) is 9.97 Å². The van der Waals surface area contributed by atoms with Crippen LogP contribution in [-0.4, -0.2) is 32.9 Å². The largest absolute Gasteiger partial charge is 0.392 e. The van der Waals surface area contributed by atoms with Crippen LogP contribution in [0.2, 0.25) is 0 Å². The van der Waals surface area contributed by atoms with Crippen molar-refractivity contribution in [1.82, 2.24) is 14.9 Å². The Hall–Kier alpha value is -2.29. The van der Waals surface area contributed by atoms with E-state index in [0.29, 0.717) is 16.0 Å². The van der Waals surface area contributed by atoms with Crippen molar-refractivity contribution < 1.29 is 9.90 Å². The van der Waals surface area contributed by atoms with E-state index in [1.165, 1.54) is 33.6 Å². The van der Waals surface area contributed by atoms with E-state index in [4.69, 9.17) is 5.11 Å². The number of amides is 1. The maximum absolute atomic E-state index is 12.2. The van der Waals surface area contributed by atoms with Crippen LogP contribution in [0.1, 0.15) is 16.3 Å². The van der Waals surface area contributed by atoms with E-state index in [0.717, 1.165) is 10.4 Å². The predicted octanol–water partition coefficient (Wildman–Crippen LogP) is 2.21. The van der Waals surface area contributed by atoms with Crippen LogP contribution >= 0.6 is 22.7 Å². The number of fused-ring (bicyclic) bond motifs is 1. The van der Waals surface area contributed by atoms with Gasteiger partial charge in [0.25, 0.3) is 5.56 Å². The molecule has 0 aliphatic carbocycles. The van der Waals surface area contributed by atoms with Crippen LogP contribution in [-0.2, 0) is 17.9 Å². The van der Waals surface area contributed by atoms with E-state index in [1.54, 1.807) is 19.2 Å². The zero-order valence-electron chi connectivity index (χ0n) is 12.9. The summed E-state index contributed by atoms with van der Waals surface area (Å²) in [6.45, 7) is 0.207. The third kappa shape index (κ3) is 3.61. The zero-order valence-corrected chi connectivity index (χ0v) is 14.5. The smallest absolute Gasteiger partial charge is 0.268 e. The average molecular weight is 361 g/mol. The third-order valence-corrected chi connectivity index (χ3v) is 5.22. The second-order valence-corrected chi connectivity index (χ2v) is 7.05. The molecule has 0 unspecified atom stereocenters. The summed E-state index contributed by atoms with van der Waals surface area (Å²) in [7, 11) is 1.65. The fraction of sp³-hybridized carbons (Fsp3) is 0.188. The number of aliphatic hydroxyl groups excluding tert-OH is 1. The maximum atomic E-state index is 12.2. The molecule has 0 radical (unpaired) electrons. The van der Waals surface area contributed by atoms with Gasteiger partial charge in [0.05, 0.1) is 18.7 Å². The van der Waals surface area contributed by atoms with Crippen LogP contribution in [0.4, 0.5) is 0 Å². The molecule has 0 saturated carbocycles. The summed E-state index contributed by atoms with van der Waals surface area (Å²) >= 11 is 2.80. The summed E-state index contributed by atoms with van der Waals surface area (Å²) in [5.41, 5.74) is 1.29. The monoisotopic (exact) mass is 361 g/mol. The van der Waals surface area contributed by atoms with Gasteiger partial charge in [0.1, 0.15) is 10.5 Å². The Morgan fingerprint density at radius 3 is 3.04 bits per heavy atom. The highest BCUT2D eigenvalue weighted by Crippen LogP contribution is 2.17. The number of aromatic nitrogens is 2. The molecule has 3 heterocycles. The Kier molecular flexibility index (Phi) is 4.89. The highest BCUT2D eigenvalue weighted by molar-refractivity contribution is 7.17. The van der Waals surface area contributed by atoms with Crippen molar-refractivity contribution in [1.29, 1.82) is 0 Å². The number of nitrogens with one attached hydrogen (secondary N) is 1. The number of carbonyl (C=O) groups excluding carboxylic acids is 1. The van der Waals surface area contributed by atoms with Gasteiger partial charge in [-0.2, -0.15) is 0 Å². The fourth-order valence-corrected chi connectivity index (χ4v) is 3.67. The molecular weight excluding hydrogens is 346 g/mol. The molecule has 0 atom stereocenters. The lowest BCUT2D eigenvalue weighted by atomic mass is 10.3. The quantitative estimate of drug-likeness (QED) is 0.682. The Bertz CT molecular complexity index is 955. The van der Waals surface area contributed by atoms with Crippen LogP contribution in [0.15, 0.2) is 33.8 Å². The van der Waals surface area contributed by atoms with Gasteiger partial charge in [-0.1, -0.05) is 0 Å². The van der Waals surface area contributed by atoms with Crippen LogP contribution in [0.25, 0.3) is 16.3 Å². The number of hydrogen-bond donors (Lipinski definition) is 2. The average Bonchev–Trinajstić information content (AvgIpc) is 3.21. The van der Waals surface area contributed by atoms with Crippen molar-refractivity contribution in [2.45, 2.75) is 13.2 Å². The Labute approximate surface area is 145 Å². The number of aliphatic hydroxyl groups is 1. The first-order valence-corrected chi connectivity index (χ1v) is 8.90. The molecule has 0 fully saturated rings. The molecule has 3 rings (SSSR count). The molecule has 0 aromatic carbocycles. The zero-order chi connectivity index (χ0) is 17.1. The van der Waals surface area contributed by atoms with Gasteiger partial charge in [-0.05, 0) is 34.5 Å². The van der Waals surface area contributed by atoms with Crippen LogP contribution in [0.3, 0.4) is 0 Å². The number of carbonyl (C=O) groups is 1. The molecule has 8 heteroatoms. The van der Waals surface area contributed by atoms with Gasteiger partial charge < -0.3 is 15.0 Å². The number of aromatic amines is 1. The van der Waals surface area contributed by atoms with Crippen molar-refractivity contribution in [2.75, 3.05) is 7.05 Å². The first-order chi connectivity index (χ1) is 11.6. The van der Waals surface area contributed by atoms with E-state index in [1.807, 2.05) is 16.8 Å². The molecule has 1 amide bonds. The number of thiophene rings is 2. The topological polar surface area (TPSA) is 86.3 Å². The molecular formula is C16H15N3O3S2. The molecule has 0 spiro atoms. The molecule has 0 aliphatic heterocycles. The van der Waals surface area contributed by atoms with Gasteiger partial charge in [-0.15, -0.1) is 22.7 Å². The summed E-state index contributed by atoms with van der Waals surface area (Å²) < 4.78 is 0.588. The standard InChI is InChI=1S/C16H15N3O3S2/c1-19(14(21)3-2-11-6-10(8-20)9-24-11)7-13-17-12-4-5-23-15(12)16(22)18-13/h2-6,9,20H,7-8H2,1H3,(H,17,18,22)/b3-2+. The van der Waals surface area contributed by atoms with Gasteiger partial charge in [-0.25, -0.2) is 4.98 Å². The van der Waals surface area contributed by atoms with E-state index < -0.39 is 0 Å². The third-order valence-electron chi connectivity index (χ3n) is 3.37. The van der Waals surface area contributed by atoms with Gasteiger partial charge in [-0.3, -0.25) is 9.59 Å². The maximum Gasteiger partial charge on any atom is 0.268 e. The van der Waals surface area contributed by atoms with Crippen LogP contribution in [0.5, 0.6) is 0 Å². The van der Waals surface area contributed by atoms with Crippen molar-refractivity contribution in [3.8, 4) is 0 Å². The Morgan fingerprint density at radius 2 is 2.29 bits per heavy atom. The second-order valence-electron chi connectivity index (χ2n) is 5.19. The Morgan fingerprint density at radius 1 is 1.46 bits per heavy atom. The number of hydrogen-bond acceptors (Lipinski definition) is 6. The van der Waals surface area contributed by atoms with Gasteiger partial charge in [0.2, 0.25) is 5.91 Å². The summed E-state index contributed by atoms with van der Waals surface area (Å²) in [6.07, 6.45) is 3.18. The minimum Gasteiger partial charge on any atom is -0.392 e. The number of likely N-dealkylation sites (N-methyl/N-ethyl adjacent to an activating group) is 1. The first-order valence-electron chi connectivity index (χ1n) is 7.14. The SMILES string of the molecule is CN(Cc1nc2ccsc2c(=O)[nH]1)C(=O)/C=C/c1cc(CO)cs1. The molecule has 3 aromatic heterocycles. The summed E-state index contributed by atoms with van der Waals surface area (Å²) in [4.78, 5) is 33.5. The van der Waals surface area contributed by atoms with E-state index >= 15 is 0 Å².